The summed E-state index contributed by atoms with van der Waals surface area (Å²) in [7, 11) is 0. The lowest BCUT2D eigenvalue weighted by atomic mass is 10.0. The molecule has 0 fully saturated rings. The van der Waals surface area contributed by atoms with Gasteiger partial charge in [-0.05, 0) is 49.1 Å². The van der Waals surface area contributed by atoms with E-state index in [9.17, 15) is 9.59 Å². The molecule has 5 heteroatoms. The van der Waals surface area contributed by atoms with Crippen LogP contribution in [0.2, 0.25) is 0 Å². The fraction of sp³-hybridized carbons (Fsp3) is 0.190. The standard InChI is InChI=1S/C21H21N3O2/c25-20(13-12-17-9-5-6-14-22-17)23-18-10-3-4-11-19(18)24-21(26)15-16-7-1-2-8-16/h1,3-7,9-14,16H,2,8,15H2,(H,23,25)(H,24,26)/b13-12+. The van der Waals surface area contributed by atoms with Crippen LogP contribution in [0, 0.1) is 5.92 Å². The average Bonchev–Trinajstić information content (AvgIpc) is 3.15. The number of aromatic nitrogens is 1. The second kappa shape index (κ2) is 8.76. The Bertz CT molecular complexity index is 828. The molecule has 26 heavy (non-hydrogen) atoms. The van der Waals surface area contributed by atoms with Gasteiger partial charge in [0, 0.05) is 18.7 Å². The molecule has 0 spiro atoms. The van der Waals surface area contributed by atoms with Gasteiger partial charge in [-0.1, -0.05) is 30.4 Å². The summed E-state index contributed by atoms with van der Waals surface area (Å²) in [6.07, 6.45) is 11.4. The third kappa shape index (κ3) is 5.14. The highest BCUT2D eigenvalue weighted by molar-refractivity contribution is 6.05. The summed E-state index contributed by atoms with van der Waals surface area (Å²) in [6.45, 7) is 0. The molecule has 1 aromatic heterocycles. The van der Waals surface area contributed by atoms with E-state index in [0.29, 0.717) is 29.4 Å². The van der Waals surface area contributed by atoms with E-state index in [-0.39, 0.29) is 11.8 Å². The number of nitrogens with zero attached hydrogens (tertiary/aromatic N) is 1. The van der Waals surface area contributed by atoms with Crippen LogP contribution < -0.4 is 10.6 Å². The Labute approximate surface area is 152 Å². The summed E-state index contributed by atoms with van der Waals surface area (Å²) in [5, 5.41) is 5.69. The lowest BCUT2D eigenvalue weighted by Gasteiger charge is -2.13. The number of allylic oxidation sites excluding steroid dienone is 2. The van der Waals surface area contributed by atoms with Crippen molar-refractivity contribution in [2.24, 2.45) is 5.92 Å². The van der Waals surface area contributed by atoms with E-state index in [2.05, 4.69) is 27.8 Å². The van der Waals surface area contributed by atoms with Gasteiger partial charge in [0.25, 0.3) is 0 Å². The first-order valence-corrected chi connectivity index (χ1v) is 8.66. The number of carbonyl (C=O) groups is 2. The van der Waals surface area contributed by atoms with E-state index in [1.165, 1.54) is 6.08 Å². The molecular formula is C21H21N3O2. The molecule has 1 aromatic carbocycles. The molecule has 2 N–H and O–H groups in total. The molecule has 2 aromatic rings. The highest BCUT2D eigenvalue weighted by Crippen LogP contribution is 2.24. The van der Waals surface area contributed by atoms with E-state index >= 15 is 0 Å². The Morgan fingerprint density at radius 2 is 1.85 bits per heavy atom. The minimum atomic E-state index is -0.281. The largest absolute Gasteiger partial charge is 0.324 e. The van der Waals surface area contributed by atoms with Crippen LogP contribution in [0.1, 0.15) is 25.0 Å². The Morgan fingerprint density at radius 3 is 2.54 bits per heavy atom. The van der Waals surface area contributed by atoms with E-state index in [0.717, 1.165) is 12.8 Å². The number of para-hydroxylation sites is 2. The number of hydrogen-bond donors (Lipinski definition) is 2. The van der Waals surface area contributed by atoms with Gasteiger partial charge in [-0.2, -0.15) is 0 Å². The minimum Gasteiger partial charge on any atom is -0.324 e. The smallest absolute Gasteiger partial charge is 0.248 e. The predicted molar refractivity (Wildman–Crippen MR) is 103 cm³/mol. The fourth-order valence-electron chi connectivity index (χ4n) is 2.82. The Kier molecular flexibility index (Phi) is 5.93. The zero-order valence-electron chi connectivity index (χ0n) is 14.4. The highest BCUT2D eigenvalue weighted by atomic mass is 16.2. The van der Waals surface area contributed by atoms with Crippen LogP contribution in [0.25, 0.3) is 6.08 Å². The maximum atomic E-state index is 12.2. The van der Waals surface area contributed by atoms with E-state index < -0.39 is 0 Å². The first-order valence-electron chi connectivity index (χ1n) is 8.66. The van der Waals surface area contributed by atoms with Crippen molar-refractivity contribution in [3.05, 3.63) is 72.6 Å². The number of rotatable bonds is 6. The zero-order valence-corrected chi connectivity index (χ0v) is 14.4. The second-order valence-electron chi connectivity index (χ2n) is 6.14. The lowest BCUT2D eigenvalue weighted by Crippen LogP contribution is -2.17. The lowest BCUT2D eigenvalue weighted by molar-refractivity contribution is -0.117. The van der Waals surface area contributed by atoms with Gasteiger partial charge in [-0.15, -0.1) is 0 Å². The van der Waals surface area contributed by atoms with E-state index in [1.54, 1.807) is 24.4 Å². The van der Waals surface area contributed by atoms with Gasteiger partial charge in [-0.25, -0.2) is 0 Å². The molecule has 132 valence electrons. The first kappa shape index (κ1) is 17.6. The monoisotopic (exact) mass is 347 g/mol. The second-order valence-corrected chi connectivity index (χ2v) is 6.14. The summed E-state index contributed by atoms with van der Waals surface area (Å²) in [5.41, 5.74) is 1.87. The molecule has 1 heterocycles. The maximum absolute atomic E-state index is 12.2. The van der Waals surface area contributed by atoms with Crippen LogP contribution >= 0.6 is 0 Å². The third-order valence-corrected chi connectivity index (χ3v) is 4.11. The van der Waals surface area contributed by atoms with Crippen LogP contribution in [0.4, 0.5) is 11.4 Å². The van der Waals surface area contributed by atoms with E-state index in [4.69, 9.17) is 0 Å². The summed E-state index contributed by atoms with van der Waals surface area (Å²) in [5.74, 6) is -0.0265. The SMILES string of the molecule is O=C(/C=C/c1ccccn1)Nc1ccccc1NC(=O)CC1C=CCC1. The molecule has 3 rings (SSSR count). The molecule has 0 aliphatic heterocycles. The van der Waals surface area contributed by atoms with Crippen molar-refractivity contribution in [3.63, 3.8) is 0 Å². The Hall–Kier alpha value is -3.21. The van der Waals surface area contributed by atoms with Gasteiger partial charge in [-0.3, -0.25) is 14.6 Å². The molecule has 1 aliphatic carbocycles. The van der Waals surface area contributed by atoms with Crippen molar-refractivity contribution in [3.8, 4) is 0 Å². The third-order valence-electron chi connectivity index (χ3n) is 4.11. The molecule has 2 amide bonds. The van der Waals surface area contributed by atoms with Crippen LogP contribution in [0.5, 0.6) is 0 Å². The quantitative estimate of drug-likeness (QED) is 0.612. The number of amides is 2. The molecule has 0 saturated carbocycles. The van der Waals surface area contributed by atoms with Gasteiger partial charge in [0.05, 0.1) is 17.1 Å². The van der Waals surface area contributed by atoms with Gasteiger partial charge < -0.3 is 10.6 Å². The fourth-order valence-corrected chi connectivity index (χ4v) is 2.82. The number of hydrogen-bond acceptors (Lipinski definition) is 3. The molecule has 5 nitrogen and oxygen atoms in total. The number of benzene rings is 1. The Balaban J connectivity index is 1.61. The van der Waals surface area contributed by atoms with Gasteiger partial charge in [0.15, 0.2) is 0 Å². The molecule has 0 saturated heterocycles. The van der Waals surface area contributed by atoms with Crippen LogP contribution in [-0.2, 0) is 9.59 Å². The number of nitrogens with one attached hydrogen (secondary N) is 2. The summed E-state index contributed by atoms with van der Waals surface area (Å²) in [4.78, 5) is 28.5. The van der Waals surface area contributed by atoms with Crippen molar-refractivity contribution in [1.29, 1.82) is 0 Å². The van der Waals surface area contributed by atoms with Crippen LogP contribution in [0.3, 0.4) is 0 Å². The topological polar surface area (TPSA) is 71.1 Å². The van der Waals surface area contributed by atoms with Crippen LogP contribution in [0.15, 0.2) is 66.9 Å². The number of anilines is 2. The predicted octanol–water partition coefficient (Wildman–Crippen LogP) is 4.03. The molecule has 1 unspecified atom stereocenters. The van der Waals surface area contributed by atoms with E-state index in [1.807, 2.05) is 30.3 Å². The number of carbonyl (C=O) groups excluding carboxylic acids is 2. The van der Waals surface area contributed by atoms with Crippen molar-refractivity contribution < 1.29 is 9.59 Å². The van der Waals surface area contributed by atoms with Crippen LogP contribution in [-0.4, -0.2) is 16.8 Å². The van der Waals surface area contributed by atoms with Crippen molar-refractivity contribution in [2.45, 2.75) is 19.3 Å². The summed E-state index contributed by atoms with van der Waals surface area (Å²) in [6, 6.07) is 12.7. The van der Waals surface area contributed by atoms with Crippen molar-refractivity contribution in [2.75, 3.05) is 10.6 Å². The maximum Gasteiger partial charge on any atom is 0.248 e. The summed E-state index contributed by atoms with van der Waals surface area (Å²) < 4.78 is 0. The first-order chi connectivity index (χ1) is 12.7. The minimum absolute atomic E-state index is 0.0488. The average molecular weight is 347 g/mol. The zero-order chi connectivity index (χ0) is 18.2. The number of pyridine rings is 1. The van der Waals surface area contributed by atoms with Gasteiger partial charge >= 0.3 is 0 Å². The highest BCUT2D eigenvalue weighted by Gasteiger charge is 2.15. The van der Waals surface area contributed by atoms with Crippen molar-refractivity contribution >= 4 is 29.3 Å². The summed E-state index contributed by atoms with van der Waals surface area (Å²) >= 11 is 0. The van der Waals surface area contributed by atoms with Gasteiger partial charge in [0.1, 0.15) is 0 Å². The molecule has 0 radical (unpaired) electrons. The normalized spacial score (nSPS) is 15.9. The molecule has 1 atom stereocenters. The van der Waals surface area contributed by atoms with Crippen molar-refractivity contribution in [1.82, 2.24) is 4.98 Å². The Morgan fingerprint density at radius 1 is 1.08 bits per heavy atom. The molecule has 1 aliphatic rings. The van der Waals surface area contributed by atoms with Gasteiger partial charge in [0.2, 0.25) is 11.8 Å². The molecular weight excluding hydrogens is 326 g/mol. The molecule has 0 bridgehead atoms.